The predicted molar refractivity (Wildman–Crippen MR) is 111 cm³/mol. The second-order valence-electron chi connectivity index (χ2n) is 6.50. The molecule has 2 aromatic carbocycles. The summed E-state index contributed by atoms with van der Waals surface area (Å²) in [4.78, 5) is 25.3. The minimum atomic E-state index is -4.77. The number of nitrogens with one attached hydrogen (secondary N) is 1. The highest BCUT2D eigenvalue weighted by atomic mass is 31.2. The molecule has 0 unspecified atom stereocenters. The van der Waals surface area contributed by atoms with Gasteiger partial charge in [0.05, 0.1) is 18.1 Å². The van der Waals surface area contributed by atoms with Gasteiger partial charge < -0.3 is 18.8 Å². The molecule has 0 saturated carbocycles. The first-order chi connectivity index (χ1) is 15.1. The normalized spacial score (nSPS) is 12.1. The smallest absolute Gasteiger partial charge is 0.404 e. The topological polar surface area (TPSA) is 121 Å². The Hall–Kier alpha value is -3.14. The van der Waals surface area contributed by atoms with Crippen molar-refractivity contribution in [3.8, 4) is 5.75 Å². The van der Waals surface area contributed by atoms with Crippen LogP contribution >= 0.6 is 7.60 Å². The second-order valence-corrected chi connectivity index (χ2v) is 8.57. The van der Waals surface area contributed by atoms with E-state index in [1.165, 1.54) is 50.2 Å². The highest BCUT2D eigenvalue weighted by Crippen LogP contribution is 2.66. The number of nitro groups is 1. The number of aromatic nitrogens is 1. The van der Waals surface area contributed by atoms with Crippen molar-refractivity contribution in [1.29, 1.82) is 0 Å². The quantitative estimate of drug-likeness (QED) is 0.142. The predicted octanol–water partition coefficient (Wildman–Crippen LogP) is 5.61. The summed E-state index contributed by atoms with van der Waals surface area (Å²) in [5, 5.41) is 10.9. The van der Waals surface area contributed by atoms with E-state index in [0.717, 1.165) is 12.1 Å². The number of hydrogen-bond acceptors (Lipinski definition) is 7. The molecule has 12 heteroatoms. The molecule has 3 rings (SSSR count). The van der Waals surface area contributed by atoms with Crippen LogP contribution in [-0.4, -0.2) is 29.1 Å². The average molecular weight is 468 g/mol. The number of nitrogens with zero attached hydrogens (tertiary/aromatic N) is 1. The van der Waals surface area contributed by atoms with Gasteiger partial charge in [-0.05, 0) is 44.2 Å². The molecule has 32 heavy (non-hydrogen) atoms. The van der Waals surface area contributed by atoms with Crippen molar-refractivity contribution in [3.05, 3.63) is 69.9 Å². The number of non-ortho nitro benzene ring substituents is 1. The monoisotopic (exact) mass is 468 g/mol. The Kier molecular flexibility index (Phi) is 6.73. The Morgan fingerprint density at radius 3 is 2.28 bits per heavy atom. The van der Waals surface area contributed by atoms with Gasteiger partial charge >= 0.3 is 19.2 Å². The van der Waals surface area contributed by atoms with E-state index in [-0.39, 0.29) is 35.7 Å². The molecule has 0 atom stereocenters. The number of benzene rings is 2. The first kappa shape index (κ1) is 23.5. The van der Waals surface area contributed by atoms with Crippen molar-refractivity contribution in [2.24, 2.45) is 0 Å². The summed E-state index contributed by atoms with van der Waals surface area (Å²) >= 11 is 0. The van der Waals surface area contributed by atoms with E-state index in [4.69, 9.17) is 13.8 Å². The molecule has 0 aliphatic heterocycles. The Labute approximate surface area is 181 Å². The van der Waals surface area contributed by atoms with Crippen LogP contribution < -0.4 is 4.74 Å². The summed E-state index contributed by atoms with van der Waals surface area (Å²) in [5.41, 5.74) is -4.34. The van der Waals surface area contributed by atoms with Crippen LogP contribution in [0.1, 0.15) is 29.9 Å². The van der Waals surface area contributed by atoms with E-state index >= 15 is 0 Å². The van der Waals surface area contributed by atoms with Crippen molar-refractivity contribution < 1.29 is 36.8 Å². The molecule has 1 N–H and O–H groups in total. The molecule has 0 aliphatic carbocycles. The summed E-state index contributed by atoms with van der Waals surface area (Å²) in [6, 6.07) is 9.63. The molecule has 0 radical (unpaired) electrons. The summed E-state index contributed by atoms with van der Waals surface area (Å²) in [6.45, 7) is 2.41. The van der Waals surface area contributed by atoms with Crippen molar-refractivity contribution in [1.82, 2.24) is 4.98 Å². The molecule has 3 aromatic rings. The fraction of sp³-hybridized carbons (Fsp3) is 0.250. The van der Waals surface area contributed by atoms with Crippen LogP contribution in [0.2, 0.25) is 0 Å². The minimum Gasteiger partial charge on any atom is -0.422 e. The maximum absolute atomic E-state index is 15.0. The van der Waals surface area contributed by atoms with Crippen molar-refractivity contribution in [2.45, 2.75) is 19.5 Å². The zero-order valence-electron chi connectivity index (χ0n) is 17.0. The van der Waals surface area contributed by atoms with Gasteiger partial charge in [0.25, 0.3) is 5.69 Å². The molecule has 1 heterocycles. The lowest BCUT2D eigenvalue weighted by atomic mass is 10.1. The zero-order chi connectivity index (χ0) is 23.5. The van der Waals surface area contributed by atoms with Crippen LogP contribution in [-0.2, 0) is 19.3 Å². The molecule has 1 aromatic heterocycles. The van der Waals surface area contributed by atoms with E-state index in [2.05, 4.69) is 4.98 Å². The molecule has 0 amide bonds. The third-order valence-corrected chi connectivity index (χ3v) is 6.53. The average Bonchev–Trinajstić information content (AvgIpc) is 3.18. The van der Waals surface area contributed by atoms with Crippen molar-refractivity contribution >= 4 is 30.2 Å². The zero-order valence-corrected chi connectivity index (χ0v) is 17.9. The van der Waals surface area contributed by atoms with Crippen LogP contribution in [0, 0.1) is 10.1 Å². The number of ether oxygens (including phenoxy) is 1. The molecule has 0 spiro atoms. The third kappa shape index (κ3) is 4.55. The Morgan fingerprint density at radius 2 is 1.72 bits per heavy atom. The standard InChI is InChI=1S/C20H19F2N2O7P/c1-3-29-32(28,30-4-2)20(21,22)14-5-10-17-13(11-14)12-18(23-17)19(25)31-16-8-6-15(7-9-16)24(26)27/h5-12,23H,3-4H2,1-2H3. The van der Waals surface area contributed by atoms with Gasteiger partial charge in [-0.15, -0.1) is 0 Å². The lowest BCUT2D eigenvalue weighted by Crippen LogP contribution is -2.18. The van der Waals surface area contributed by atoms with Gasteiger partial charge in [-0.2, -0.15) is 8.78 Å². The highest BCUT2D eigenvalue weighted by molar-refractivity contribution is 7.54. The van der Waals surface area contributed by atoms with Gasteiger partial charge in [0, 0.05) is 28.6 Å². The number of hydrogen-bond donors (Lipinski definition) is 1. The second kappa shape index (κ2) is 9.15. The third-order valence-electron chi connectivity index (χ3n) is 4.39. The van der Waals surface area contributed by atoms with Gasteiger partial charge in [-0.3, -0.25) is 14.7 Å². The fourth-order valence-electron chi connectivity index (χ4n) is 2.93. The van der Waals surface area contributed by atoms with Crippen LogP contribution in [0.15, 0.2) is 48.5 Å². The van der Waals surface area contributed by atoms with E-state index in [1.54, 1.807) is 0 Å². The van der Waals surface area contributed by atoms with Crippen LogP contribution in [0.4, 0.5) is 14.5 Å². The first-order valence-electron chi connectivity index (χ1n) is 9.48. The number of esters is 1. The number of fused-ring (bicyclic) bond motifs is 1. The Morgan fingerprint density at radius 1 is 1.09 bits per heavy atom. The largest absolute Gasteiger partial charge is 0.422 e. The fourth-order valence-corrected chi connectivity index (χ4v) is 4.46. The minimum absolute atomic E-state index is 0.0309. The molecule has 0 aliphatic rings. The van der Waals surface area contributed by atoms with E-state index < -0.39 is 29.7 Å². The van der Waals surface area contributed by atoms with Crippen molar-refractivity contribution in [2.75, 3.05) is 13.2 Å². The number of H-pyrrole nitrogens is 1. The summed E-state index contributed by atoms with van der Waals surface area (Å²) in [5.74, 6) is -0.751. The van der Waals surface area contributed by atoms with Crippen molar-refractivity contribution in [3.63, 3.8) is 0 Å². The van der Waals surface area contributed by atoms with Crippen LogP contribution in [0.5, 0.6) is 5.75 Å². The number of aromatic amines is 1. The maximum atomic E-state index is 15.0. The Balaban J connectivity index is 1.87. The molecule has 0 saturated heterocycles. The summed E-state index contributed by atoms with van der Waals surface area (Å²) in [6.07, 6.45) is 0. The van der Waals surface area contributed by atoms with Gasteiger partial charge in [-0.1, -0.05) is 6.07 Å². The SMILES string of the molecule is CCOP(=O)(OCC)C(F)(F)c1ccc2[nH]c(C(=O)Oc3ccc([N+](=O)[O-])cc3)cc2c1. The van der Waals surface area contributed by atoms with E-state index in [1.807, 2.05) is 0 Å². The number of rotatable bonds is 9. The molecular formula is C20H19F2N2O7P. The Bertz CT molecular complexity index is 1180. The van der Waals surface area contributed by atoms with E-state index in [0.29, 0.717) is 5.52 Å². The lowest BCUT2D eigenvalue weighted by Gasteiger charge is -2.26. The molecule has 9 nitrogen and oxygen atoms in total. The van der Waals surface area contributed by atoms with Gasteiger partial charge in [0.1, 0.15) is 11.4 Å². The van der Waals surface area contributed by atoms with Gasteiger partial charge in [-0.25, -0.2) is 4.79 Å². The maximum Gasteiger partial charge on any atom is 0.404 e. The number of carbonyl (C=O) groups is 1. The highest BCUT2D eigenvalue weighted by Gasteiger charge is 2.54. The van der Waals surface area contributed by atoms with Crippen LogP contribution in [0.3, 0.4) is 0 Å². The van der Waals surface area contributed by atoms with E-state index in [9.17, 15) is 28.3 Å². The molecule has 170 valence electrons. The number of alkyl halides is 2. The molecule has 0 fully saturated rings. The van der Waals surface area contributed by atoms with Gasteiger partial charge in [0.2, 0.25) is 0 Å². The molecular weight excluding hydrogens is 449 g/mol. The summed E-state index contributed by atoms with van der Waals surface area (Å²) in [7, 11) is -4.77. The summed E-state index contributed by atoms with van der Waals surface area (Å²) < 4.78 is 57.3. The molecule has 0 bridgehead atoms. The number of halogens is 2. The van der Waals surface area contributed by atoms with Crippen LogP contribution in [0.25, 0.3) is 10.9 Å². The number of carbonyl (C=O) groups excluding carboxylic acids is 1. The number of nitro benzene ring substituents is 1. The van der Waals surface area contributed by atoms with Gasteiger partial charge in [0.15, 0.2) is 0 Å². The first-order valence-corrected chi connectivity index (χ1v) is 11.0. The lowest BCUT2D eigenvalue weighted by molar-refractivity contribution is -0.384.